The minimum atomic E-state index is 0.278. The van der Waals surface area contributed by atoms with E-state index in [2.05, 4.69) is 62.3 Å². The van der Waals surface area contributed by atoms with Crippen LogP contribution in [0.2, 0.25) is 0 Å². The first-order chi connectivity index (χ1) is 15.5. The van der Waals surface area contributed by atoms with E-state index in [0.717, 1.165) is 60.0 Å². The highest BCUT2D eigenvalue weighted by molar-refractivity contribution is 5.86. The summed E-state index contributed by atoms with van der Waals surface area (Å²) < 4.78 is 4.15. The van der Waals surface area contributed by atoms with Gasteiger partial charge in [0.25, 0.3) is 0 Å². The maximum absolute atomic E-state index is 4.92. The molecule has 0 amide bonds. The van der Waals surface area contributed by atoms with Gasteiger partial charge in [0.2, 0.25) is 0 Å². The molecule has 0 fully saturated rings. The number of fused-ring (bicyclic) bond motifs is 2. The zero-order chi connectivity index (χ0) is 22.4. The molecular weight excluding hydrogens is 402 g/mol. The second kappa shape index (κ2) is 7.96. The Bertz CT molecular complexity index is 1270. The molecule has 4 heterocycles. The van der Waals surface area contributed by atoms with Crippen molar-refractivity contribution in [2.45, 2.75) is 65.5 Å². The molecule has 1 atom stereocenters. The predicted octanol–water partition coefficient (Wildman–Crippen LogP) is 3.44. The number of hydrogen-bond donors (Lipinski definition) is 1. The fourth-order valence-corrected chi connectivity index (χ4v) is 4.83. The van der Waals surface area contributed by atoms with Crippen molar-refractivity contribution in [2.24, 2.45) is 7.05 Å². The summed E-state index contributed by atoms with van der Waals surface area (Å²) in [5.74, 6) is 2.77. The third-order valence-electron chi connectivity index (χ3n) is 6.23. The Morgan fingerprint density at radius 2 is 1.94 bits per heavy atom. The summed E-state index contributed by atoms with van der Waals surface area (Å²) >= 11 is 0. The number of imidazole rings is 1. The van der Waals surface area contributed by atoms with E-state index in [-0.39, 0.29) is 6.04 Å². The Morgan fingerprint density at radius 1 is 1.16 bits per heavy atom. The summed E-state index contributed by atoms with van der Waals surface area (Å²) in [6.45, 7) is 9.18. The molecule has 0 aromatic carbocycles. The van der Waals surface area contributed by atoms with Crippen molar-refractivity contribution in [3.63, 3.8) is 0 Å². The Hall–Kier alpha value is -3.36. The Morgan fingerprint density at radius 3 is 2.66 bits per heavy atom. The van der Waals surface area contributed by atoms with Gasteiger partial charge < -0.3 is 9.88 Å². The van der Waals surface area contributed by atoms with Gasteiger partial charge in [0, 0.05) is 37.7 Å². The second-order valence-corrected chi connectivity index (χ2v) is 8.77. The molecule has 0 bridgehead atoms. The van der Waals surface area contributed by atoms with Crippen LogP contribution in [-0.2, 0) is 26.4 Å². The number of nitrogens with zero attached hydrogens (tertiary/aromatic N) is 8. The van der Waals surface area contributed by atoms with Crippen LogP contribution in [0.1, 0.15) is 55.9 Å². The highest BCUT2D eigenvalue weighted by Crippen LogP contribution is 2.31. The molecule has 5 rings (SSSR count). The van der Waals surface area contributed by atoms with Gasteiger partial charge in [0.1, 0.15) is 18.0 Å². The molecule has 4 aromatic heterocycles. The van der Waals surface area contributed by atoms with Crippen LogP contribution < -0.4 is 5.32 Å². The van der Waals surface area contributed by atoms with Gasteiger partial charge in [-0.1, -0.05) is 13.8 Å². The van der Waals surface area contributed by atoms with E-state index in [1.807, 2.05) is 19.3 Å². The summed E-state index contributed by atoms with van der Waals surface area (Å²) in [4.78, 5) is 22.7. The first-order valence-electron chi connectivity index (χ1n) is 11.3. The Labute approximate surface area is 187 Å². The van der Waals surface area contributed by atoms with Crippen LogP contribution in [-0.4, -0.2) is 45.3 Å². The highest BCUT2D eigenvalue weighted by atomic mass is 15.3. The zero-order valence-corrected chi connectivity index (χ0v) is 19.3. The number of nitrogens with one attached hydrogen (secondary N) is 1. The van der Waals surface area contributed by atoms with Crippen molar-refractivity contribution in [1.82, 2.24) is 39.3 Å². The van der Waals surface area contributed by atoms with Gasteiger partial charge in [0.15, 0.2) is 17.0 Å². The summed E-state index contributed by atoms with van der Waals surface area (Å²) in [6.07, 6.45) is 8.17. The maximum Gasteiger partial charge on any atom is 0.165 e. The Kier molecular flexibility index (Phi) is 5.11. The maximum atomic E-state index is 4.92. The number of aromatic nitrogens is 8. The van der Waals surface area contributed by atoms with Gasteiger partial charge in [-0.15, -0.1) is 0 Å². The number of aryl methyl sites for hydroxylation is 4. The van der Waals surface area contributed by atoms with Gasteiger partial charge in [-0.2, -0.15) is 5.10 Å². The molecule has 1 N–H and O–H groups in total. The fourth-order valence-electron chi connectivity index (χ4n) is 4.83. The van der Waals surface area contributed by atoms with E-state index < -0.39 is 0 Å². The average Bonchev–Trinajstić information content (AvgIpc) is 3.31. The van der Waals surface area contributed by atoms with E-state index in [1.165, 1.54) is 17.0 Å². The molecule has 9 nitrogen and oxygen atoms in total. The van der Waals surface area contributed by atoms with Crippen LogP contribution in [0, 0.1) is 6.92 Å². The van der Waals surface area contributed by atoms with Crippen molar-refractivity contribution in [3.05, 3.63) is 41.5 Å². The first-order valence-corrected chi connectivity index (χ1v) is 11.3. The van der Waals surface area contributed by atoms with E-state index in [9.17, 15) is 0 Å². The standard InChI is InChI=1S/C23H29N9/c1-6-32-22(15-10-24-14(4)25-11-15)29-19-21(26-12-27-23(19)32)28-16-7-8-18-17(9-16)20(13(2)3)31(5)30-18/h10-13,16H,6-9H2,1-5H3,(H,26,27,28)/t16-/m1/s1. The van der Waals surface area contributed by atoms with E-state index >= 15 is 0 Å². The van der Waals surface area contributed by atoms with Crippen LogP contribution in [0.25, 0.3) is 22.6 Å². The zero-order valence-electron chi connectivity index (χ0n) is 19.3. The molecule has 166 valence electrons. The molecule has 0 radical (unpaired) electrons. The van der Waals surface area contributed by atoms with Crippen molar-refractivity contribution in [1.29, 1.82) is 0 Å². The molecule has 1 aliphatic carbocycles. The fraction of sp³-hybridized carbons (Fsp3) is 0.478. The van der Waals surface area contributed by atoms with Crippen LogP contribution in [0.4, 0.5) is 5.82 Å². The predicted molar refractivity (Wildman–Crippen MR) is 123 cm³/mol. The molecule has 0 aliphatic heterocycles. The Balaban J connectivity index is 1.50. The van der Waals surface area contributed by atoms with Crippen molar-refractivity contribution in [2.75, 3.05) is 5.32 Å². The first kappa shape index (κ1) is 20.5. The molecule has 32 heavy (non-hydrogen) atoms. The average molecular weight is 432 g/mol. The number of hydrogen-bond acceptors (Lipinski definition) is 7. The van der Waals surface area contributed by atoms with Gasteiger partial charge in [-0.25, -0.2) is 24.9 Å². The van der Waals surface area contributed by atoms with E-state index in [4.69, 9.17) is 10.1 Å². The molecule has 0 saturated carbocycles. The normalized spacial score (nSPS) is 16.0. The topological polar surface area (TPSA) is 99.2 Å². The summed E-state index contributed by atoms with van der Waals surface area (Å²) in [5.41, 5.74) is 6.43. The molecular formula is C23H29N9. The second-order valence-electron chi connectivity index (χ2n) is 8.77. The third kappa shape index (κ3) is 3.41. The van der Waals surface area contributed by atoms with Crippen LogP contribution in [0.15, 0.2) is 18.7 Å². The van der Waals surface area contributed by atoms with Crippen molar-refractivity contribution >= 4 is 17.0 Å². The molecule has 0 saturated heterocycles. The van der Waals surface area contributed by atoms with Crippen molar-refractivity contribution in [3.8, 4) is 11.4 Å². The summed E-state index contributed by atoms with van der Waals surface area (Å²) in [6, 6.07) is 0.278. The third-order valence-corrected chi connectivity index (χ3v) is 6.23. The SMILES string of the molecule is CCn1c(-c2cnc(C)nc2)nc2c(N[C@@H]3CCc4nn(C)c(C(C)C)c4C3)ncnc21. The lowest BCUT2D eigenvalue weighted by atomic mass is 9.89. The smallest absolute Gasteiger partial charge is 0.165 e. The van der Waals surface area contributed by atoms with E-state index in [1.54, 1.807) is 6.33 Å². The monoisotopic (exact) mass is 431 g/mol. The van der Waals surface area contributed by atoms with Gasteiger partial charge >= 0.3 is 0 Å². The van der Waals surface area contributed by atoms with Crippen LogP contribution >= 0.6 is 0 Å². The molecule has 1 aliphatic rings. The lowest BCUT2D eigenvalue weighted by Crippen LogP contribution is -2.28. The van der Waals surface area contributed by atoms with Crippen LogP contribution in [0.3, 0.4) is 0 Å². The lowest BCUT2D eigenvalue weighted by molar-refractivity contribution is 0.598. The highest BCUT2D eigenvalue weighted by Gasteiger charge is 2.27. The van der Waals surface area contributed by atoms with Crippen LogP contribution in [0.5, 0.6) is 0 Å². The minimum absolute atomic E-state index is 0.278. The lowest BCUT2D eigenvalue weighted by Gasteiger charge is -2.24. The van der Waals surface area contributed by atoms with Gasteiger partial charge in [0.05, 0.1) is 11.3 Å². The molecule has 9 heteroatoms. The largest absolute Gasteiger partial charge is 0.365 e. The summed E-state index contributed by atoms with van der Waals surface area (Å²) in [7, 11) is 2.05. The number of anilines is 1. The summed E-state index contributed by atoms with van der Waals surface area (Å²) in [5, 5.41) is 8.44. The quantitative estimate of drug-likeness (QED) is 0.517. The molecule has 0 unspecified atom stereocenters. The van der Waals surface area contributed by atoms with Crippen molar-refractivity contribution < 1.29 is 0 Å². The van der Waals surface area contributed by atoms with Gasteiger partial charge in [-0.3, -0.25) is 4.68 Å². The number of rotatable bonds is 5. The minimum Gasteiger partial charge on any atom is -0.365 e. The molecule has 0 spiro atoms. The molecule has 4 aromatic rings. The van der Waals surface area contributed by atoms with E-state index in [0.29, 0.717) is 5.92 Å². The van der Waals surface area contributed by atoms with Gasteiger partial charge in [-0.05, 0) is 44.6 Å².